The zero-order valence-corrected chi connectivity index (χ0v) is 11.9. The minimum atomic E-state index is 0.369. The summed E-state index contributed by atoms with van der Waals surface area (Å²) in [5.41, 5.74) is 1.08. The molecule has 0 fully saturated rings. The van der Waals surface area contributed by atoms with E-state index in [1.165, 1.54) is 6.42 Å². The van der Waals surface area contributed by atoms with Gasteiger partial charge in [0, 0.05) is 11.3 Å². The smallest absolute Gasteiger partial charge is 0.137 e. The fourth-order valence-corrected chi connectivity index (χ4v) is 2.99. The van der Waals surface area contributed by atoms with E-state index in [0.717, 1.165) is 16.3 Å². The van der Waals surface area contributed by atoms with Gasteiger partial charge in [0.2, 0.25) is 0 Å². The summed E-state index contributed by atoms with van der Waals surface area (Å²) in [5, 5.41) is 1.63. The van der Waals surface area contributed by atoms with Crippen LogP contribution in [0.2, 0.25) is 5.15 Å². The standard InChI is InChI=1S/C12H19ClN2S/c1-5-9(4)6-16-12-10(8(2)3)11(13)14-7-15-12/h7-9H,5-6H2,1-4H3. The van der Waals surface area contributed by atoms with Crippen LogP contribution < -0.4 is 0 Å². The van der Waals surface area contributed by atoms with Crippen LogP contribution in [0.4, 0.5) is 0 Å². The Morgan fingerprint density at radius 3 is 2.56 bits per heavy atom. The van der Waals surface area contributed by atoms with E-state index >= 15 is 0 Å². The fourth-order valence-electron chi connectivity index (χ4n) is 1.30. The lowest BCUT2D eigenvalue weighted by Gasteiger charge is -2.13. The Hall–Kier alpha value is -0.280. The van der Waals surface area contributed by atoms with E-state index in [9.17, 15) is 0 Å². The molecule has 0 radical (unpaired) electrons. The van der Waals surface area contributed by atoms with Crippen molar-refractivity contribution >= 4 is 23.4 Å². The highest BCUT2D eigenvalue weighted by Crippen LogP contribution is 2.32. The number of nitrogens with zero attached hydrogens (tertiary/aromatic N) is 2. The van der Waals surface area contributed by atoms with Crippen molar-refractivity contribution in [2.75, 3.05) is 5.75 Å². The summed E-state index contributed by atoms with van der Waals surface area (Å²) in [6, 6.07) is 0. The van der Waals surface area contributed by atoms with Crippen LogP contribution in [0.1, 0.15) is 45.6 Å². The lowest BCUT2D eigenvalue weighted by atomic mass is 10.1. The molecule has 0 aromatic carbocycles. The molecule has 1 heterocycles. The molecule has 0 saturated carbocycles. The van der Waals surface area contributed by atoms with Gasteiger partial charge in [-0.2, -0.15) is 0 Å². The van der Waals surface area contributed by atoms with Crippen molar-refractivity contribution in [2.45, 2.75) is 45.1 Å². The number of halogens is 1. The van der Waals surface area contributed by atoms with Crippen LogP contribution in [-0.2, 0) is 0 Å². The monoisotopic (exact) mass is 258 g/mol. The minimum Gasteiger partial charge on any atom is -0.230 e. The Labute approximate surface area is 107 Å². The molecule has 90 valence electrons. The van der Waals surface area contributed by atoms with Gasteiger partial charge in [-0.05, 0) is 11.8 Å². The zero-order valence-electron chi connectivity index (χ0n) is 10.3. The van der Waals surface area contributed by atoms with E-state index in [2.05, 4.69) is 37.7 Å². The number of hydrogen-bond acceptors (Lipinski definition) is 3. The van der Waals surface area contributed by atoms with Gasteiger partial charge < -0.3 is 0 Å². The molecule has 1 unspecified atom stereocenters. The summed E-state index contributed by atoms with van der Waals surface area (Å²) in [6.45, 7) is 8.71. The molecule has 0 spiro atoms. The predicted molar refractivity (Wildman–Crippen MR) is 71.3 cm³/mol. The number of thioether (sulfide) groups is 1. The first-order valence-corrected chi connectivity index (χ1v) is 7.05. The molecule has 16 heavy (non-hydrogen) atoms. The highest BCUT2D eigenvalue weighted by Gasteiger charge is 2.14. The lowest BCUT2D eigenvalue weighted by molar-refractivity contribution is 0.636. The van der Waals surface area contributed by atoms with Crippen LogP contribution in [0, 0.1) is 5.92 Å². The summed E-state index contributed by atoms with van der Waals surface area (Å²) in [5.74, 6) is 2.16. The van der Waals surface area contributed by atoms with Gasteiger partial charge in [-0.3, -0.25) is 0 Å². The molecule has 0 aliphatic rings. The highest BCUT2D eigenvalue weighted by molar-refractivity contribution is 7.99. The number of aromatic nitrogens is 2. The van der Waals surface area contributed by atoms with Crippen LogP contribution >= 0.6 is 23.4 Å². The third-order valence-electron chi connectivity index (χ3n) is 2.58. The maximum Gasteiger partial charge on any atom is 0.137 e. The summed E-state index contributed by atoms with van der Waals surface area (Å²) in [7, 11) is 0. The molecule has 0 N–H and O–H groups in total. The van der Waals surface area contributed by atoms with E-state index < -0.39 is 0 Å². The van der Waals surface area contributed by atoms with Crippen molar-refractivity contribution in [2.24, 2.45) is 5.92 Å². The van der Waals surface area contributed by atoms with Gasteiger partial charge in [-0.15, -0.1) is 11.8 Å². The second-order valence-corrected chi connectivity index (χ2v) is 5.73. The molecule has 4 heteroatoms. The molecule has 0 saturated heterocycles. The Balaban J connectivity index is 2.83. The maximum absolute atomic E-state index is 6.11. The van der Waals surface area contributed by atoms with Crippen molar-refractivity contribution in [1.29, 1.82) is 0 Å². The summed E-state index contributed by atoms with van der Waals surface area (Å²) >= 11 is 7.90. The average Bonchev–Trinajstić information content (AvgIpc) is 2.25. The lowest BCUT2D eigenvalue weighted by Crippen LogP contribution is -2.01. The summed E-state index contributed by atoms with van der Waals surface area (Å²) < 4.78 is 0. The maximum atomic E-state index is 6.11. The van der Waals surface area contributed by atoms with Crippen LogP contribution in [0.5, 0.6) is 0 Å². The second kappa shape index (κ2) is 6.45. The van der Waals surface area contributed by atoms with Crippen molar-refractivity contribution in [3.05, 3.63) is 17.0 Å². The van der Waals surface area contributed by atoms with Crippen molar-refractivity contribution < 1.29 is 0 Å². The molecule has 1 atom stereocenters. The van der Waals surface area contributed by atoms with Crippen LogP contribution in [0.25, 0.3) is 0 Å². The van der Waals surface area contributed by atoms with Gasteiger partial charge >= 0.3 is 0 Å². The molecule has 0 aliphatic carbocycles. The summed E-state index contributed by atoms with van der Waals surface area (Å²) in [4.78, 5) is 8.38. The molecule has 2 nitrogen and oxygen atoms in total. The van der Waals surface area contributed by atoms with Gasteiger partial charge in [-0.25, -0.2) is 9.97 Å². The predicted octanol–water partition coefficient (Wildman–Crippen LogP) is 4.39. The molecular formula is C12H19ClN2S. The molecular weight excluding hydrogens is 240 g/mol. The topological polar surface area (TPSA) is 25.8 Å². The third kappa shape index (κ3) is 3.63. The van der Waals surface area contributed by atoms with Crippen molar-refractivity contribution in [3.63, 3.8) is 0 Å². The fraction of sp³-hybridized carbons (Fsp3) is 0.667. The van der Waals surface area contributed by atoms with E-state index in [0.29, 0.717) is 17.0 Å². The van der Waals surface area contributed by atoms with Crippen LogP contribution in [0.3, 0.4) is 0 Å². The normalized spacial score (nSPS) is 13.1. The number of rotatable bonds is 5. The second-order valence-electron chi connectivity index (χ2n) is 4.36. The molecule has 1 aromatic heterocycles. The van der Waals surface area contributed by atoms with Gasteiger partial charge in [0.05, 0.1) is 0 Å². The zero-order chi connectivity index (χ0) is 12.1. The SMILES string of the molecule is CCC(C)CSc1ncnc(Cl)c1C(C)C. The van der Waals surface area contributed by atoms with Gasteiger partial charge in [-0.1, -0.05) is 45.7 Å². The Morgan fingerprint density at radius 1 is 1.31 bits per heavy atom. The van der Waals surface area contributed by atoms with Gasteiger partial charge in [0.25, 0.3) is 0 Å². The quantitative estimate of drug-likeness (QED) is 0.579. The molecule has 1 rings (SSSR count). The first kappa shape index (κ1) is 13.8. The van der Waals surface area contributed by atoms with E-state index in [4.69, 9.17) is 11.6 Å². The average molecular weight is 259 g/mol. The molecule has 0 aliphatic heterocycles. The van der Waals surface area contributed by atoms with E-state index in [-0.39, 0.29) is 0 Å². The van der Waals surface area contributed by atoms with Crippen LogP contribution in [-0.4, -0.2) is 15.7 Å². The van der Waals surface area contributed by atoms with Crippen LogP contribution in [0.15, 0.2) is 11.4 Å². The highest BCUT2D eigenvalue weighted by atomic mass is 35.5. The van der Waals surface area contributed by atoms with Crippen molar-refractivity contribution in [3.8, 4) is 0 Å². The summed E-state index contributed by atoms with van der Waals surface area (Å²) in [6.07, 6.45) is 2.75. The largest absolute Gasteiger partial charge is 0.230 e. The third-order valence-corrected chi connectivity index (χ3v) is 4.21. The first-order valence-electron chi connectivity index (χ1n) is 5.69. The Bertz CT molecular complexity index is 342. The first-order chi connectivity index (χ1) is 7.56. The molecule has 0 bridgehead atoms. The van der Waals surface area contributed by atoms with E-state index in [1.54, 1.807) is 18.1 Å². The van der Waals surface area contributed by atoms with Gasteiger partial charge in [0.15, 0.2) is 0 Å². The molecule has 0 amide bonds. The minimum absolute atomic E-state index is 0.369. The molecule has 1 aromatic rings. The van der Waals surface area contributed by atoms with Gasteiger partial charge in [0.1, 0.15) is 16.5 Å². The number of hydrogen-bond donors (Lipinski definition) is 0. The Kier molecular flexibility index (Phi) is 5.56. The Morgan fingerprint density at radius 2 is 2.00 bits per heavy atom. The van der Waals surface area contributed by atoms with Crippen molar-refractivity contribution in [1.82, 2.24) is 9.97 Å². The van der Waals surface area contributed by atoms with E-state index in [1.807, 2.05) is 0 Å².